The fraction of sp³-hybridized carbons (Fsp3) is 0.750. The van der Waals surface area contributed by atoms with Gasteiger partial charge in [-0.15, -0.1) is 0 Å². The Morgan fingerprint density at radius 2 is 1.73 bits per heavy atom. The van der Waals surface area contributed by atoms with Gasteiger partial charge in [0.05, 0.1) is 12.6 Å². The average molecular weight is 421 g/mol. The second-order valence-electron chi connectivity index (χ2n) is 9.49. The van der Waals surface area contributed by atoms with Crippen molar-refractivity contribution >= 4 is 17.9 Å². The average Bonchev–Trinajstić information content (AvgIpc) is 3.37. The highest BCUT2D eigenvalue weighted by molar-refractivity contribution is 5.94. The number of hydrogen-bond acceptors (Lipinski definition) is 7. The Kier molecular flexibility index (Phi) is 5.29. The van der Waals surface area contributed by atoms with Crippen LogP contribution in [0.2, 0.25) is 0 Å². The van der Waals surface area contributed by atoms with E-state index in [9.17, 15) is 14.4 Å². The van der Waals surface area contributed by atoms with E-state index in [4.69, 9.17) is 4.74 Å². The zero-order chi connectivity index (χ0) is 21.6. The highest BCUT2D eigenvalue weighted by Crippen LogP contribution is 2.27. The molecule has 0 aromatic carbocycles. The van der Waals surface area contributed by atoms with Crippen LogP contribution in [0.15, 0.2) is 11.9 Å². The van der Waals surface area contributed by atoms with Crippen LogP contribution < -0.4 is 0 Å². The maximum Gasteiger partial charge on any atom is 0.410 e. The number of amides is 3. The van der Waals surface area contributed by atoms with E-state index >= 15 is 0 Å². The highest BCUT2D eigenvalue weighted by Gasteiger charge is 2.41. The largest absolute Gasteiger partial charge is 0.444 e. The van der Waals surface area contributed by atoms with E-state index in [1.165, 1.54) is 0 Å². The summed E-state index contributed by atoms with van der Waals surface area (Å²) < 4.78 is 5.42. The van der Waals surface area contributed by atoms with Gasteiger partial charge in [-0.05, 0) is 27.2 Å². The number of hydrogen-bond donors (Lipinski definition) is 0. The molecule has 3 amide bonds. The first-order chi connectivity index (χ1) is 14.1. The second-order valence-corrected chi connectivity index (χ2v) is 9.49. The van der Waals surface area contributed by atoms with Gasteiger partial charge < -0.3 is 24.3 Å². The van der Waals surface area contributed by atoms with Crippen LogP contribution >= 0.6 is 0 Å². The Hall–Kier alpha value is -2.49. The lowest BCUT2D eigenvalue weighted by atomic mass is 10.1. The summed E-state index contributed by atoms with van der Waals surface area (Å²) in [4.78, 5) is 45.5. The highest BCUT2D eigenvalue weighted by atomic mass is 16.6. The fourth-order valence-corrected chi connectivity index (χ4v) is 4.43. The van der Waals surface area contributed by atoms with E-state index in [0.29, 0.717) is 52.4 Å². The van der Waals surface area contributed by atoms with Gasteiger partial charge in [0.25, 0.3) is 5.91 Å². The van der Waals surface area contributed by atoms with Gasteiger partial charge in [-0.3, -0.25) is 9.59 Å². The Morgan fingerprint density at radius 1 is 1.03 bits per heavy atom. The normalized spacial score (nSPS) is 25.2. The number of carbonyl (C=O) groups excluding carboxylic acids is 3. The molecular weight excluding hydrogens is 388 g/mol. The molecule has 4 heterocycles. The standard InChI is InChI=1S/C20H32N6O4/c1-20(2,3)30-19(29)23-6-5-15(11-23)17(27)22-7-9-25(10-8-22)26-14-24-13-21(4)12-16(24)18(26)28/h12,15H,5-11,13-14H2,1-4H3. The molecule has 0 spiro atoms. The maximum atomic E-state index is 13.0. The molecule has 166 valence electrons. The third-order valence-corrected chi connectivity index (χ3v) is 5.93. The second kappa shape index (κ2) is 7.64. The molecule has 10 nitrogen and oxygen atoms in total. The van der Waals surface area contributed by atoms with Gasteiger partial charge in [-0.1, -0.05) is 0 Å². The molecular formula is C20H32N6O4. The van der Waals surface area contributed by atoms with Crippen molar-refractivity contribution < 1.29 is 19.1 Å². The number of carbonyl (C=O) groups is 3. The quantitative estimate of drug-likeness (QED) is 0.629. The van der Waals surface area contributed by atoms with E-state index < -0.39 is 5.60 Å². The molecule has 0 aromatic heterocycles. The van der Waals surface area contributed by atoms with Crippen LogP contribution in [0.4, 0.5) is 4.79 Å². The SMILES string of the molecule is CN1C=C2C(=O)N(N3CCN(C(=O)C4CCN(C(=O)OC(C)(C)C)C4)CC3)CN2C1. The molecule has 3 saturated heterocycles. The fourth-order valence-electron chi connectivity index (χ4n) is 4.43. The van der Waals surface area contributed by atoms with Gasteiger partial charge in [0.15, 0.2) is 0 Å². The Morgan fingerprint density at radius 3 is 2.37 bits per heavy atom. The molecule has 0 bridgehead atoms. The van der Waals surface area contributed by atoms with Crippen molar-refractivity contribution in [1.82, 2.24) is 29.6 Å². The van der Waals surface area contributed by atoms with Crippen molar-refractivity contribution in [1.29, 1.82) is 0 Å². The van der Waals surface area contributed by atoms with Crippen molar-refractivity contribution in [2.45, 2.75) is 32.8 Å². The summed E-state index contributed by atoms with van der Waals surface area (Å²) in [6, 6.07) is 0. The third-order valence-electron chi connectivity index (χ3n) is 5.93. The minimum Gasteiger partial charge on any atom is -0.444 e. The van der Waals surface area contributed by atoms with Crippen LogP contribution in [-0.4, -0.2) is 113 Å². The summed E-state index contributed by atoms with van der Waals surface area (Å²) in [6.07, 6.45) is 2.20. The first-order valence-electron chi connectivity index (χ1n) is 10.6. The molecule has 0 radical (unpaired) electrons. The summed E-state index contributed by atoms with van der Waals surface area (Å²) in [5, 5.41) is 3.84. The first kappa shape index (κ1) is 20.8. The molecule has 10 heteroatoms. The van der Waals surface area contributed by atoms with Crippen molar-refractivity contribution in [3.05, 3.63) is 11.9 Å². The zero-order valence-corrected chi connectivity index (χ0v) is 18.3. The molecule has 0 aromatic rings. The van der Waals surface area contributed by atoms with E-state index in [1.807, 2.05) is 48.8 Å². The van der Waals surface area contributed by atoms with E-state index in [0.717, 1.165) is 12.4 Å². The number of nitrogens with zero attached hydrogens (tertiary/aromatic N) is 6. The van der Waals surface area contributed by atoms with Crippen LogP contribution in [0.3, 0.4) is 0 Å². The molecule has 0 aliphatic carbocycles. The van der Waals surface area contributed by atoms with E-state index in [2.05, 4.69) is 4.90 Å². The maximum absolute atomic E-state index is 13.0. The smallest absolute Gasteiger partial charge is 0.410 e. The number of piperazine rings is 1. The lowest BCUT2D eigenvalue weighted by Crippen LogP contribution is -2.56. The number of likely N-dealkylation sites (tertiary alicyclic amines) is 1. The Bertz CT molecular complexity index is 755. The van der Waals surface area contributed by atoms with E-state index in [-0.39, 0.29) is 23.8 Å². The number of fused-ring (bicyclic) bond motifs is 1. The molecule has 0 N–H and O–H groups in total. The molecule has 1 unspecified atom stereocenters. The van der Waals surface area contributed by atoms with Crippen LogP contribution in [0.5, 0.6) is 0 Å². The predicted octanol–water partition coefficient (Wildman–Crippen LogP) is 0.149. The number of hydrazine groups is 1. The van der Waals surface area contributed by atoms with Gasteiger partial charge >= 0.3 is 6.09 Å². The number of ether oxygens (including phenoxy) is 1. The minimum absolute atomic E-state index is 0.0305. The van der Waals surface area contributed by atoms with Crippen LogP contribution in [0, 0.1) is 5.92 Å². The summed E-state index contributed by atoms with van der Waals surface area (Å²) >= 11 is 0. The topological polar surface area (TPSA) is 79.9 Å². The molecule has 0 saturated carbocycles. The molecule has 3 fully saturated rings. The summed E-state index contributed by atoms with van der Waals surface area (Å²) in [5.41, 5.74) is 0.201. The van der Waals surface area contributed by atoms with Crippen LogP contribution in [-0.2, 0) is 14.3 Å². The monoisotopic (exact) mass is 420 g/mol. The van der Waals surface area contributed by atoms with Gasteiger partial charge in [0.2, 0.25) is 5.91 Å². The van der Waals surface area contributed by atoms with Crippen LogP contribution in [0.25, 0.3) is 0 Å². The molecule has 30 heavy (non-hydrogen) atoms. The minimum atomic E-state index is -0.539. The van der Waals surface area contributed by atoms with Crippen molar-refractivity contribution in [3.8, 4) is 0 Å². The first-order valence-corrected chi connectivity index (χ1v) is 10.6. The summed E-state index contributed by atoms with van der Waals surface area (Å²) in [7, 11) is 1.96. The molecule has 4 rings (SSSR count). The lowest BCUT2D eigenvalue weighted by Gasteiger charge is -2.39. The van der Waals surface area contributed by atoms with Crippen LogP contribution in [0.1, 0.15) is 27.2 Å². The molecule has 1 atom stereocenters. The van der Waals surface area contributed by atoms with E-state index in [1.54, 1.807) is 9.91 Å². The molecule has 4 aliphatic rings. The van der Waals surface area contributed by atoms with Gasteiger partial charge in [0.1, 0.15) is 18.0 Å². The Labute approximate surface area is 177 Å². The lowest BCUT2D eigenvalue weighted by molar-refractivity contribution is -0.149. The van der Waals surface area contributed by atoms with Crippen molar-refractivity contribution in [2.24, 2.45) is 5.92 Å². The predicted molar refractivity (Wildman–Crippen MR) is 108 cm³/mol. The summed E-state index contributed by atoms with van der Waals surface area (Å²) in [5.74, 6) is -0.0509. The van der Waals surface area contributed by atoms with Gasteiger partial charge in [-0.25, -0.2) is 14.8 Å². The van der Waals surface area contributed by atoms with Crippen molar-refractivity contribution in [2.75, 3.05) is 59.7 Å². The third kappa shape index (κ3) is 4.05. The van der Waals surface area contributed by atoms with Crippen molar-refractivity contribution in [3.63, 3.8) is 0 Å². The number of rotatable bonds is 2. The van der Waals surface area contributed by atoms with Gasteiger partial charge in [-0.2, -0.15) is 0 Å². The zero-order valence-electron chi connectivity index (χ0n) is 18.3. The summed E-state index contributed by atoms with van der Waals surface area (Å²) in [6.45, 7) is 10.2. The van der Waals surface area contributed by atoms with Gasteiger partial charge in [0, 0.05) is 52.5 Å². The molecule has 4 aliphatic heterocycles. The Balaban J connectivity index is 1.27.